The van der Waals surface area contributed by atoms with Crippen molar-refractivity contribution in [2.45, 2.75) is 17.5 Å². The highest BCUT2D eigenvalue weighted by Crippen LogP contribution is 2.27. The van der Waals surface area contributed by atoms with Gasteiger partial charge in [-0.3, -0.25) is 9.36 Å². The van der Waals surface area contributed by atoms with Gasteiger partial charge in [-0.15, -0.1) is 10.2 Å². The first-order valence-electron chi connectivity index (χ1n) is 10.6. The monoisotopic (exact) mass is 616 g/mol. The molecule has 3 aromatic carbocycles. The lowest BCUT2D eigenvalue weighted by Gasteiger charge is -2.12. The van der Waals surface area contributed by atoms with E-state index in [4.69, 9.17) is 9.47 Å². The van der Waals surface area contributed by atoms with Crippen molar-refractivity contribution < 1.29 is 14.3 Å². The third kappa shape index (κ3) is 6.45. The number of amides is 1. The largest absolute Gasteiger partial charge is 0.497 e. The van der Waals surface area contributed by atoms with Crippen molar-refractivity contribution in [1.82, 2.24) is 20.1 Å². The van der Waals surface area contributed by atoms with Crippen molar-refractivity contribution in [1.29, 1.82) is 0 Å². The van der Waals surface area contributed by atoms with E-state index < -0.39 is 0 Å². The molecule has 0 radical (unpaired) electrons. The Labute approximate surface area is 224 Å². The minimum atomic E-state index is -0.267. The quantitative estimate of drug-likeness (QED) is 0.231. The van der Waals surface area contributed by atoms with Gasteiger partial charge in [0.05, 0.1) is 20.8 Å². The number of thioether (sulfide) groups is 1. The molecule has 0 spiro atoms. The molecule has 0 bridgehead atoms. The maximum atomic E-state index is 12.9. The van der Waals surface area contributed by atoms with E-state index in [1.165, 1.54) is 5.56 Å². The molecule has 0 aliphatic rings. The molecule has 1 heterocycles. The van der Waals surface area contributed by atoms with E-state index in [1.54, 1.807) is 44.2 Å². The maximum Gasteiger partial charge on any atom is 0.251 e. The van der Waals surface area contributed by atoms with E-state index in [2.05, 4.69) is 59.5 Å². The highest BCUT2D eigenvalue weighted by Gasteiger charge is 2.17. The number of nitrogens with one attached hydrogen (secondary N) is 1. The lowest BCUT2D eigenvalue weighted by molar-refractivity contribution is 0.0949. The Bertz CT molecular complexity index is 1290. The third-order valence-corrected chi connectivity index (χ3v) is 7.14. The summed E-state index contributed by atoms with van der Waals surface area (Å²) in [6.07, 6.45) is 0. The van der Waals surface area contributed by atoms with Crippen LogP contribution in [0.3, 0.4) is 0 Å². The summed E-state index contributed by atoms with van der Waals surface area (Å²) in [4.78, 5) is 12.9. The zero-order valence-corrected chi connectivity index (χ0v) is 23.0. The smallest absolute Gasteiger partial charge is 0.251 e. The number of hydrogen-bond acceptors (Lipinski definition) is 6. The van der Waals surface area contributed by atoms with Crippen molar-refractivity contribution >= 4 is 49.5 Å². The Morgan fingerprint density at radius 1 is 0.914 bits per heavy atom. The molecule has 1 N–H and O–H groups in total. The van der Waals surface area contributed by atoms with Crippen molar-refractivity contribution in [2.24, 2.45) is 0 Å². The molecule has 4 aromatic rings. The van der Waals surface area contributed by atoms with Crippen LogP contribution in [0.25, 0.3) is 5.69 Å². The Balaban J connectivity index is 1.56. The van der Waals surface area contributed by atoms with E-state index in [0.29, 0.717) is 22.9 Å². The summed E-state index contributed by atoms with van der Waals surface area (Å²) in [5, 5.41) is 12.5. The van der Waals surface area contributed by atoms with Crippen LogP contribution in [-0.4, -0.2) is 34.9 Å². The molecule has 0 fully saturated rings. The van der Waals surface area contributed by atoms with Crippen molar-refractivity contribution in [3.63, 3.8) is 0 Å². The Morgan fingerprint density at radius 3 is 2.11 bits per heavy atom. The third-order valence-electron chi connectivity index (χ3n) is 5.09. The lowest BCUT2D eigenvalue weighted by Crippen LogP contribution is -2.24. The molecular formula is C25H22Br2N4O3S. The molecule has 1 aromatic heterocycles. The molecule has 35 heavy (non-hydrogen) atoms. The van der Waals surface area contributed by atoms with Gasteiger partial charge in [-0.05, 0) is 54.1 Å². The zero-order chi connectivity index (χ0) is 24.8. The fourth-order valence-electron chi connectivity index (χ4n) is 3.29. The molecule has 4 rings (SSSR count). The summed E-state index contributed by atoms with van der Waals surface area (Å²) in [5.41, 5.74) is 2.51. The minimum absolute atomic E-state index is 0.195. The molecule has 7 nitrogen and oxygen atoms in total. The molecule has 10 heteroatoms. The summed E-state index contributed by atoms with van der Waals surface area (Å²) >= 11 is 8.54. The second kappa shape index (κ2) is 11.7. The minimum Gasteiger partial charge on any atom is -0.497 e. The first-order chi connectivity index (χ1) is 17.0. The molecule has 0 aliphatic heterocycles. The average molecular weight is 618 g/mol. The van der Waals surface area contributed by atoms with Crippen molar-refractivity contribution in [3.05, 3.63) is 92.6 Å². The van der Waals surface area contributed by atoms with Crippen LogP contribution >= 0.6 is 43.6 Å². The fourth-order valence-corrected chi connectivity index (χ4v) is 4.74. The number of carbonyl (C=O) groups is 1. The van der Waals surface area contributed by atoms with Crippen LogP contribution in [0, 0.1) is 0 Å². The average Bonchev–Trinajstić information content (AvgIpc) is 3.29. The Kier molecular flexibility index (Phi) is 8.48. The van der Waals surface area contributed by atoms with Crippen LogP contribution in [0.2, 0.25) is 0 Å². The van der Waals surface area contributed by atoms with E-state index in [-0.39, 0.29) is 12.5 Å². The van der Waals surface area contributed by atoms with Gasteiger partial charge in [0, 0.05) is 32.0 Å². The van der Waals surface area contributed by atoms with Gasteiger partial charge in [-0.2, -0.15) is 0 Å². The first-order valence-corrected chi connectivity index (χ1v) is 13.1. The van der Waals surface area contributed by atoms with Gasteiger partial charge in [-0.1, -0.05) is 55.8 Å². The highest BCUT2D eigenvalue weighted by atomic mass is 79.9. The molecule has 180 valence electrons. The summed E-state index contributed by atoms with van der Waals surface area (Å²) in [5.74, 6) is 2.17. The van der Waals surface area contributed by atoms with Crippen LogP contribution in [0.5, 0.6) is 11.5 Å². The molecule has 0 unspecified atom stereocenters. The Morgan fingerprint density at radius 2 is 1.51 bits per heavy atom. The van der Waals surface area contributed by atoms with E-state index in [1.807, 2.05) is 41.0 Å². The molecule has 0 saturated heterocycles. The number of hydrogen-bond donors (Lipinski definition) is 1. The first kappa shape index (κ1) is 25.3. The van der Waals surface area contributed by atoms with Crippen LogP contribution in [-0.2, 0) is 12.3 Å². The maximum absolute atomic E-state index is 12.9. The zero-order valence-electron chi connectivity index (χ0n) is 19.0. The predicted molar refractivity (Wildman–Crippen MR) is 143 cm³/mol. The number of nitrogens with zero attached hydrogens (tertiary/aromatic N) is 3. The number of halogens is 2. The van der Waals surface area contributed by atoms with Gasteiger partial charge in [-0.25, -0.2) is 0 Å². The van der Waals surface area contributed by atoms with Crippen molar-refractivity contribution in [3.8, 4) is 17.2 Å². The van der Waals surface area contributed by atoms with Gasteiger partial charge in [0.15, 0.2) is 11.0 Å². The van der Waals surface area contributed by atoms with Crippen LogP contribution < -0.4 is 14.8 Å². The van der Waals surface area contributed by atoms with Gasteiger partial charge in [0.2, 0.25) is 0 Å². The van der Waals surface area contributed by atoms with Gasteiger partial charge in [0.25, 0.3) is 5.91 Å². The molecule has 0 aliphatic carbocycles. The van der Waals surface area contributed by atoms with E-state index in [0.717, 1.165) is 25.5 Å². The van der Waals surface area contributed by atoms with Gasteiger partial charge < -0.3 is 14.8 Å². The molecular weight excluding hydrogens is 596 g/mol. The summed E-state index contributed by atoms with van der Waals surface area (Å²) in [6.45, 7) is 0.195. The second-order valence-electron chi connectivity index (χ2n) is 7.41. The summed E-state index contributed by atoms with van der Waals surface area (Å²) in [7, 11) is 3.09. The topological polar surface area (TPSA) is 78.3 Å². The van der Waals surface area contributed by atoms with E-state index >= 15 is 0 Å². The number of carbonyl (C=O) groups excluding carboxylic acids is 1. The Hall–Kier alpha value is -2.82. The number of ether oxygens (including phenoxy) is 2. The lowest BCUT2D eigenvalue weighted by atomic mass is 10.2. The summed E-state index contributed by atoms with van der Waals surface area (Å²) < 4.78 is 14.5. The standard InChI is InChI=1S/C25H22Br2N4O3S/c1-33-21-11-17(12-22(13-21)34-2)24(32)28-14-23-29-30-25(31(23)20-9-7-19(27)8-10-20)35-15-16-3-5-18(26)6-4-16/h3-13H,14-15H2,1-2H3,(H,28,32). The highest BCUT2D eigenvalue weighted by molar-refractivity contribution is 9.10. The predicted octanol–water partition coefficient (Wildman–Crippen LogP) is 6.03. The van der Waals surface area contributed by atoms with Crippen molar-refractivity contribution in [2.75, 3.05) is 14.2 Å². The van der Waals surface area contributed by atoms with Gasteiger partial charge in [0.1, 0.15) is 11.5 Å². The number of benzene rings is 3. The molecule has 0 saturated carbocycles. The van der Waals surface area contributed by atoms with Gasteiger partial charge >= 0.3 is 0 Å². The second-order valence-corrected chi connectivity index (χ2v) is 10.2. The number of aromatic nitrogens is 3. The normalized spacial score (nSPS) is 10.7. The fraction of sp³-hybridized carbons (Fsp3) is 0.160. The van der Waals surface area contributed by atoms with Crippen LogP contribution in [0.15, 0.2) is 80.8 Å². The number of methoxy groups -OCH3 is 2. The number of rotatable bonds is 9. The summed E-state index contributed by atoms with van der Waals surface area (Å²) in [6, 6.07) is 21.1. The van der Waals surface area contributed by atoms with Crippen LogP contribution in [0.4, 0.5) is 0 Å². The van der Waals surface area contributed by atoms with E-state index in [9.17, 15) is 4.79 Å². The SMILES string of the molecule is COc1cc(OC)cc(C(=O)NCc2nnc(SCc3ccc(Br)cc3)n2-c2ccc(Br)cc2)c1. The molecule has 0 atom stereocenters. The van der Waals surface area contributed by atoms with Crippen LogP contribution in [0.1, 0.15) is 21.7 Å². The molecule has 1 amide bonds.